The van der Waals surface area contributed by atoms with E-state index in [0.717, 1.165) is 16.6 Å². The lowest BCUT2D eigenvalue weighted by atomic mass is 10.1. The average molecular weight is 312 g/mol. The molecule has 0 amide bonds. The number of aromatic nitrogens is 2. The van der Waals surface area contributed by atoms with Crippen LogP contribution in [0.3, 0.4) is 0 Å². The topological polar surface area (TPSA) is 28.7 Å². The Morgan fingerprint density at radius 2 is 1.68 bits per heavy atom. The van der Waals surface area contributed by atoms with Crippen LogP contribution in [0.5, 0.6) is 0 Å². The van der Waals surface area contributed by atoms with Crippen molar-refractivity contribution in [1.29, 1.82) is 0 Å². The summed E-state index contributed by atoms with van der Waals surface area (Å²) >= 11 is 18.4. The van der Waals surface area contributed by atoms with E-state index in [-0.39, 0.29) is 5.38 Å². The quantitative estimate of drug-likeness (QED) is 0.648. The Balaban J connectivity index is 2.06. The van der Waals surface area contributed by atoms with Crippen LogP contribution in [0.1, 0.15) is 16.8 Å². The molecule has 1 unspecified atom stereocenters. The lowest BCUT2D eigenvalue weighted by Crippen LogP contribution is -1.94. The summed E-state index contributed by atoms with van der Waals surface area (Å²) in [7, 11) is 0. The molecule has 3 aromatic rings. The molecular weight excluding hydrogens is 303 g/mol. The van der Waals surface area contributed by atoms with Crippen LogP contribution < -0.4 is 0 Å². The SMILES string of the molecule is Clc1cc2nc(C(Cl)c3ccccc3)[nH]c2cc1Cl. The molecule has 0 aliphatic rings. The number of rotatable bonds is 2. The van der Waals surface area contributed by atoms with Crippen LogP contribution >= 0.6 is 34.8 Å². The van der Waals surface area contributed by atoms with E-state index in [1.807, 2.05) is 30.3 Å². The minimum Gasteiger partial charge on any atom is -0.340 e. The summed E-state index contributed by atoms with van der Waals surface area (Å²) in [5, 5.41) is 0.652. The lowest BCUT2D eigenvalue weighted by Gasteiger charge is -2.05. The van der Waals surface area contributed by atoms with E-state index in [1.54, 1.807) is 12.1 Å². The summed E-state index contributed by atoms with van der Waals surface area (Å²) in [6.07, 6.45) is 0. The fraction of sp³-hybridized carbons (Fsp3) is 0.0714. The van der Waals surface area contributed by atoms with Gasteiger partial charge in [-0.25, -0.2) is 4.98 Å². The number of alkyl halides is 1. The highest BCUT2D eigenvalue weighted by Gasteiger charge is 2.15. The molecule has 0 saturated carbocycles. The Morgan fingerprint density at radius 3 is 2.42 bits per heavy atom. The minimum atomic E-state index is -0.328. The molecule has 0 bridgehead atoms. The number of benzene rings is 2. The van der Waals surface area contributed by atoms with Gasteiger partial charge >= 0.3 is 0 Å². The Kier molecular flexibility index (Phi) is 3.40. The molecule has 0 spiro atoms. The molecule has 1 heterocycles. The maximum absolute atomic E-state index is 6.42. The van der Waals surface area contributed by atoms with E-state index in [9.17, 15) is 0 Å². The first-order chi connectivity index (χ1) is 9.15. The zero-order valence-electron chi connectivity index (χ0n) is 9.70. The summed E-state index contributed by atoms with van der Waals surface area (Å²) in [6.45, 7) is 0. The van der Waals surface area contributed by atoms with Crippen molar-refractivity contribution in [3.8, 4) is 0 Å². The third kappa shape index (κ3) is 2.44. The molecule has 3 rings (SSSR count). The molecule has 0 fully saturated rings. The number of imidazole rings is 1. The molecule has 96 valence electrons. The molecule has 2 nitrogen and oxygen atoms in total. The van der Waals surface area contributed by atoms with Crippen molar-refractivity contribution >= 4 is 45.8 Å². The number of fused-ring (bicyclic) bond motifs is 1. The van der Waals surface area contributed by atoms with Crippen LogP contribution in [0.25, 0.3) is 11.0 Å². The second-order valence-corrected chi connectivity index (χ2v) is 5.43. The Hall–Kier alpha value is -1.22. The lowest BCUT2D eigenvalue weighted by molar-refractivity contribution is 1.00. The highest BCUT2D eigenvalue weighted by atomic mass is 35.5. The maximum Gasteiger partial charge on any atom is 0.129 e. The molecular formula is C14H9Cl3N2. The van der Waals surface area contributed by atoms with Crippen molar-refractivity contribution in [3.05, 3.63) is 63.9 Å². The largest absolute Gasteiger partial charge is 0.340 e. The predicted molar refractivity (Wildman–Crippen MR) is 80.3 cm³/mol. The van der Waals surface area contributed by atoms with Gasteiger partial charge in [0.2, 0.25) is 0 Å². The average Bonchev–Trinajstić information content (AvgIpc) is 2.82. The van der Waals surface area contributed by atoms with Crippen molar-refractivity contribution < 1.29 is 0 Å². The Labute approximate surface area is 125 Å². The van der Waals surface area contributed by atoms with Gasteiger partial charge in [-0.05, 0) is 17.7 Å². The van der Waals surface area contributed by atoms with Crippen LogP contribution in [0.2, 0.25) is 10.0 Å². The van der Waals surface area contributed by atoms with Gasteiger partial charge in [0.1, 0.15) is 11.2 Å². The first-order valence-electron chi connectivity index (χ1n) is 5.69. The Bertz CT molecular complexity index is 683. The van der Waals surface area contributed by atoms with Crippen LogP contribution in [0, 0.1) is 0 Å². The monoisotopic (exact) mass is 310 g/mol. The molecule has 1 N–H and O–H groups in total. The number of hydrogen-bond donors (Lipinski definition) is 1. The van der Waals surface area contributed by atoms with E-state index in [4.69, 9.17) is 34.8 Å². The maximum atomic E-state index is 6.42. The van der Waals surface area contributed by atoms with E-state index >= 15 is 0 Å². The highest BCUT2D eigenvalue weighted by molar-refractivity contribution is 6.42. The molecule has 1 atom stereocenters. The van der Waals surface area contributed by atoms with Gasteiger partial charge in [-0.1, -0.05) is 53.5 Å². The van der Waals surface area contributed by atoms with Gasteiger partial charge in [0.25, 0.3) is 0 Å². The van der Waals surface area contributed by atoms with Gasteiger partial charge in [-0.2, -0.15) is 0 Å². The molecule has 19 heavy (non-hydrogen) atoms. The Morgan fingerprint density at radius 1 is 1.00 bits per heavy atom. The van der Waals surface area contributed by atoms with Gasteiger partial charge in [-0.3, -0.25) is 0 Å². The van der Waals surface area contributed by atoms with Crippen molar-refractivity contribution in [3.63, 3.8) is 0 Å². The van der Waals surface area contributed by atoms with Crippen molar-refractivity contribution in [2.45, 2.75) is 5.38 Å². The number of H-pyrrole nitrogens is 1. The van der Waals surface area contributed by atoms with E-state index in [1.165, 1.54) is 0 Å². The van der Waals surface area contributed by atoms with E-state index in [0.29, 0.717) is 15.9 Å². The number of aromatic amines is 1. The molecule has 0 saturated heterocycles. The van der Waals surface area contributed by atoms with Crippen LogP contribution in [0.4, 0.5) is 0 Å². The van der Waals surface area contributed by atoms with Crippen molar-refractivity contribution in [1.82, 2.24) is 9.97 Å². The predicted octanol–water partition coefficient (Wildman–Crippen LogP) is 5.20. The standard InChI is InChI=1S/C14H9Cl3N2/c15-9-6-11-12(7-10(9)16)19-14(18-11)13(17)8-4-2-1-3-5-8/h1-7,13H,(H,18,19). The normalized spacial score (nSPS) is 12.8. The second kappa shape index (κ2) is 5.04. The third-order valence-electron chi connectivity index (χ3n) is 2.87. The van der Waals surface area contributed by atoms with Gasteiger partial charge in [-0.15, -0.1) is 11.6 Å². The summed E-state index contributed by atoms with van der Waals surface area (Å²) in [5.41, 5.74) is 2.57. The summed E-state index contributed by atoms with van der Waals surface area (Å²) in [6, 6.07) is 13.3. The smallest absolute Gasteiger partial charge is 0.129 e. The van der Waals surface area contributed by atoms with Gasteiger partial charge in [0, 0.05) is 0 Å². The molecule has 0 radical (unpaired) electrons. The highest BCUT2D eigenvalue weighted by Crippen LogP contribution is 2.31. The van der Waals surface area contributed by atoms with Crippen LogP contribution in [-0.2, 0) is 0 Å². The second-order valence-electron chi connectivity index (χ2n) is 4.18. The van der Waals surface area contributed by atoms with Gasteiger partial charge in [0.15, 0.2) is 0 Å². The van der Waals surface area contributed by atoms with Crippen molar-refractivity contribution in [2.75, 3.05) is 0 Å². The van der Waals surface area contributed by atoms with Crippen molar-refractivity contribution in [2.24, 2.45) is 0 Å². The van der Waals surface area contributed by atoms with E-state index in [2.05, 4.69) is 9.97 Å². The zero-order chi connectivity index (χ0) is 13.4. The van der Waals surface area contributed by atoms with Crippen LogP contribution in [-0.4, -0.2) is 9.97 Å². The minimum absolute atomic E-state index is 0.328. The zero-order valence-corrected chi connectivity index (χ0v) is 12.0. The number of halogens is 3. The molecule has 0 aliphatic carbocycles. The summed E-state index contributed by atoms with van der Waals surface area (Å²) in [4.78, 5) is 7.64. The number of nitrogens with zero attached hydrogens (tertiary/aromatic N) is 1. The molecule has 2 aromatic carbocycles. The first-order valence-corrected chi connectivity index (χ1v) is 6.88. The molecule has 5 heteroatoms. The number of nitrogens with one attached hydrogen (secondary N) is 1. The first kappa shape index (κ1) is 12.8. The van der Waals surface area contributed by atoms with Gasteiger partial charge in [0.05, 0.1) is 21.1 Å². The van der Waals surface area contributed by atoms with Crippen LogP contribution in [0.15, 0.2) is 42.5 Å². The fourth-order valence-electron chi connectivity index (χ4n) is 1.92. The number of hydrogen-bond acceptors (Lipinski definition) is 1. The third-order valence-corrected chi connectivity index (χ3v) is 4.06. The summed E-state index contributed by atoms with van der Waals surface area (Å²) in [5.74, 6) is 0.682. The molecule has 0 aliphatic heterocycles. The summed E-state index contributed by atoms with van der Waals surface area (Å²) < 4.78 is 0. The molecule has 1 aromatic heterocycles. The fourth-order valence-corrected chi connectivity index (χ4v) is 2.49. The van der Waals surface area contributed by atoms with E-state index < -0.39 is 0 Å². The van der Waals surface area contributed by atoms with Gasteiger partial charge < -0.3 is 4.98 Å².